The highest BCUT2D eigenvalue weighted by Gasteiger charge is 2.23. The molecule has 1 aromatic carbocycles. The average molecular weight is 241 g/mol. The van der Waals surface area contributed by atoms with Gasteiger partial charge in [-0.1, -0.05) is 11.6 Å². The van der Waals surface area contributed by atoms with Crippen LogP contribution in [0.1, 0.15) is 10.4 Å². The number of ether oxygens (including phenoxy) is 1. The van der Waals surface area contributed by atoms with Gasteiger partial charge in [-0.15, -0.1) is 0 Å². The molecule has 2 amide bonds. The van der Waals surface area contributed by atoms with Crippen molar-refractivity contribution in [2.75, 3.05) is 13.2 Å². The van der Waals surface area contributed by atoms with Crippen LogP contribution in [0.4, 0.5) is 4.79 Å². The molecule has 0 radical (unpaired) electrons. The van der Waals surface area contributed by atoms with Crippen LogP contribution in [0.2, 0.25) is 5.02 Å². The first-order chi connectivity index (χ1) is 7.66. The molecular weight excluding hydrogens is 232 g/mol. The Bertz CT molecular complexity index is 419. The molecule has 1 heterocycles. The molecular formula is C10H9ClN2O3. The lowest BCUT2D eigenvalue weighted by molar-refractivity contribution is 0.0832. The van der Waals surface area contributed by atoms with Crippen molar-refractivity contribution >= 4 is 23.6 Å². The predicted molar refractivity (Wildman–Crippen MR) is 57.0 cm³/mol. The van der Waals surface area contributed by atoms with Gasteiger partial charge in [-0.3, -0.25) is 10.2 Å². The van der Waals surface area contributed by atoms with Crippen LogP contribution in [0, 0.1) is 0 Å². The Morgan fingerprint density at radius 1 is 1.38 bits per heavy atom. The number of nitrogens with one attached hydrogen (secondary N) is 1. The van der Waals surface area contributed by atoms with Gasteiger partial charge < -0.3 is 4.74 Å². The molecule has 1 aromatic rings. The summed E-state index contributed by atoms with van der Waals surface area (Å²) in [6.45, 7) is 0.651. The maximum absolute atomic E-state index is 11.7. The summed E-state index contributed by atoms with van der Waals surface area (Å²) in [4.78, 5) is 22.7. The number of rotatable bonds is 2. The van der Waals surface area contributed by atoms with Crippen molar-refractivity contribution in [3.63, 3.8) is 0 Å². The van der Waals surface area contributed by atoms with E-state index >= 15 is 0 Å². The van der Waals surface area contributed by atoms with Crippen LogP contribution >= 0.6 is 11.6 Å². The number of benzene rings is 1. The quantitative estimate of drug-likeness (QED) is 0.851. The van der Waals surface area contributed by atoms with Crippen LogP contribution in [-0.2, 0) is 4.74 Å². The minimum atomic E-state index is -0.540. The second kappa shape index (κ2) is 4.40. The first kappa shape index (κ1) is 10.8. The second-order valence-corrected chi connectivity index (χ2v) is 3.65. The summed E-state index contributed by atoms with van der Waals surface area (Å²) in [7, 11) is 0. The van der Waals surface area contributed by atoms with Crippen LogP contribution in [-0.4, -0.2) is 30.2 Å². The van der Waals surface area contributed by atoms with Gasteiger partial charge in [0.05, 0.1) is 6.54 Å². The summed E-state index contributed by atoms with van der Waals surface area (Å²) < 4.78 is 4.67. The van der Waals surface area contributed by atoms with Gasteiger partial charge >= 0.3 is 6.09 Å². The number of hydrogen-bond acceptors (Lipinski definition) is 3. The lowest BCUT2D eigenvalue weighted by Crippen LogP contribution is -2.42. The highest BCUT2D eigenvalue weighted by Crippen LogP contribution is 2.10. The third-order valence-corrected chi connectivity index (χ3v) is 2.36. The average Bonchev–Trinajstić information content (AvgIpc) is 2.65. The van der Waals surface area contributed by atoms with Crippen molar-refractivity contribution in [2.24, 2.45) is 0 Å². The number of carbonyl (C=O) groups is 2. The van der Waals surface area contributed by atoms with Gasteiger partial charge in [-0.25, -0.2) is 9.80 Å². The molecule has 1 saturated heterocycles. The minimum Gasteiger partial charge on any atom is -0.446 e. The number of carbonyl (C=O) groups excluding carboxylic acids is 2. The fourth-order valence-electron chi connectivity index (χ4n) is 1.28. The van der Waals surface area contributed by atoms with Crippen molar-refractivity contribution in [3.05, 3.63) is 34.9 Å². The Hall–Kier alpha value is -1.75. The highest BCUT2D eigenvalue weighted by molar-refractivity contribution is 6.30. The van der Waals surface area contributed by atoms with Crippen molar-refractivity contribution in [3.8, 4) is 0 Å². The molecule has 0 spiro atoms. The van der Waals surface area contributed by atoms with E-state index in [9.17, 15) is 9.59 Å². The van der Waals surface area contributed by atoms with E-state index in [1.54, 1.807) is 24.3 Å². The number of amides is 2. The fraction of sp³-hybridized carbons (Fsp3) is 0.200. The van der Waals surface area contributed by atoms with Gasteiger partial charge in [0.25, 0.3) is 5.91 Å². The Kier molecular flexibility index (Phi) is 2.96. The van der Waals surface area contributed by atoms with Crippen LogP contribution in [0.25, 0.3) is 0 Å². The smallest absolute Gasteiger partial charge is 0.428 e. The van der Waals surface area contributed by atoms with Gasteiger partial charge in [0.15, 0.2) is 0 Å². The highest BCUT2D eigenvalue weighted by atomic mass is 35.5. The van der Waals surface area contributed by atoms with E-state index in [2.05, 4.69) is 10.2 Å². The van der Waals surface area contributed by atoms with Crippen molar-refractivity contribution < 1.29 is 14.3 Å². The lowest BCUT2D eigenvalue weighted by Gasteiger charge is -2.13. The van der Waals surface area contributed by atoms with E-state index < -0.39 is 6.09 Å². The number of halogens is 1. The Balaban J connectivity index is 2.02. The molecule has 5 nitrogen and oxygen atoms in total. The molecule has 0 atom stereocenters. The Labute approximate surface area is 96.9 Å². The lowest BCUT2D eigenvalue weighted by atomic mass is 10.2. The largest absolute Gasteiger partial charge is 0.446 e. The van der Waals surface area contributed by atoms with Crippen LogP contribution in [0.3, 0.4) is 0 Å². The normalized spacial score (nSPS) is 14.8. The summed E-state index contributed by atoms with van der Waals surface area (Å²) in [5.74, 6) is -0.365. The number of hydrogen-bond donors (Lipinski definition) is 1. The fourth-order valence-corrected chi connectivity index (χ4v) is 1.41. The molecule has 0 aromatic heterocycles. The zero-order chi connectivity index (χ0) is 11.5. The SMILES string of the molecule is O=C(NN1CCOC1=O)c1ccc(Cl)cc1. The maximum atomic E-state index is 11.7. The minimum absolute atomic E-state index is 0.291. The molecule has 6 heteroatoms. The number of hydrazine groups is 1. The third-order valence-electron chi connectivity index (χ3n) is 2.10. The summed E-state index contributed by atoms with van der Waals surface area (Å²) in [6.07, 6.45) is -0.540. The molecule has 2 rings (SSSR count). The van der Waals surface area contributed by atoms with Gasteiger partial charge in [0, 0.05) is 10.6 Å². The Morgan fingerprint density at radius 3 is 2.62 bits per heavy atom. The van der Waals surface area contributed by atoms with Crippen LogP contribution < -0.4 is 5.43 Å². The van der Waals surface area contributed by atoms with Gasteiger partial charge in [-0.05, 0) is 24.3 Å². The van der Waals surface area contributed by atoms with Gasteiger partial charge in [-0.2, -0.15) is 0 Å². The van der Waals surface area contributed by atoms with Crippen LogP contribution in [0.5, 0.6) is 0 Å². The molecule has 0 saturated carbocycles. The first-order valence-corrected chi connectivity index (χ1v) is 5.05. The molecule has 0 unspecified atom stereocenters. The van der Waals surface area contributed by atoms with Crippen LogP contribution in [0.15, 0.2) is 24.3 Å². The summed E-state index contributed by atoms with van der Waals surface area (Å²) in [6, 6.07) is 6.38. The maximum Gasteiger partial charge on any atom is 0.428 e. The predicted octanol–water partition coefficient (Wildman–Crippen LogP) is 1.44. The van der Waals surface area contributed by atoms with E-state index in [-0.39, 0.29) is 5.91 Å². The molecule has 16 heavy (non-hydrogen) atoms. The first-order valence-electron chi connectivity index (χ1n) is 4.67. The van der Waals surface area contributed by atoms with E-state index in [0.717, 1.165) is 5.01 Å². The monoisotopic (exact) mass is 240 g/mol. The molecule has 0 aliphatic carbocycles. The van der Waals surface area contributed by atoms with Crippen molar-refractivity contribution in [1.82, 2.24) is 10.4 Å². The topological polar surface area (TPSA) is 58.6 Å². The second-order valence-electron chi connectivity index (χ2n) is 3.21. The number of nitrogens with zero attached hydrogens (tertiary/aromatic N) is 1. The van der Waals surface area contributed by atoms with E-state index in [1.807, 2.05) is 0 Å². The van der Waals surface area contributed by atoms with Gasteiger partial charge in [0.2, 0.25) is 0 Å². The zero-order valence-electron chi connectivity index (χ0n) is 8.27. The molecule has 1 aliphatic heterocycles. The molecule has 1 aliphatic rings. The molecule has 84 valence electrons. The summed E-state index contributed by atoms with van der Waals surface area (Å²) in [5, 5.41) is 1.69. The standard InChI is InChI=1S/C10H9ClN2O3/c11-8-3-1-7(2-4-8)9(14)12-13-5-6-16-10(13)15/h1-4H,5-6H2,(H,12,14). The molecule has 0 bridgehead atoms. The zero-order valence-corrected chi connectivity index (χ0v) is 9.03. The number of cyclic esters (lactones) is 1. The molecule has 1 fully saturated rings. The van der Waals surface area contributed by atoms with E-state index in [4.69, 9.17) is 11.6 Å². The van der Waals surface area contributed by atoms with Crippen molar-refractivity contribution in [1.29, 1.82) is 0 Å². The molecule has 1 N–H and O–H groups in total. The summed E-state index contributed by atoms with van der Waals surface area (Å²) >= 11 is 5.69. The summed E-state index contributed by atoms with van der Waals surface area (Å²) in [5.41, 5.74) is 2.88. The third kappa shape index (κ3) is 2.25. The van der Waals surface area contributed by atoms with E-state index in [1.165, 1.54) is 0 Å². The van der Waals surface area contributed by atoms with Crippen molar-refractivity contribution in [2.45, 2.75) is 0 Å². The van der Waals surface area contributed by atoms with Gasteiger partial charge in [0.1, 0.15) is 6.61 Å². The van der Waals surface area contributed by atoms with E-state index in [0.29, 0.717) is 23.7 Å². The Morgan fingerprint density at radius 2 is 2.06 bits per heavy atom.